The van der Waals surface area contributed by atoms with E-state index < -0.39 is 0 Å². The van der Waals surface area contributed by atoms with Crippen LogP contribution in [0.3, 0.4) is 0 Å². The number of nitrogens with one attached hydrogen (secondary N) is 1. The molecule has 0 saturated carbocycles. The van der Waals surface area contributed by atoms with Crippen LogP contribution in [-0.4, -0.2) is 31.1 Å². The largest absolute Gasteiger partial charge is 0.313 e. The van der Waals surface area contributed by atoms with Crippen molar-refractivity contribution in [2.24, 2.45) is 0 Å². The van der Waals surface area contributed by atoms with Gasteiger partial charge in [-0.25, -0.2) is 0 Å². The molecule has 1 aliphatic heterocycles. The fourth-order valence-corrected chi connectivity index (χ4v) is 3.06. The first kappa shape index (κ1) is 14.1. The van der Waals surface area contributed by atoms with E-state index in [4.69, 9.17) is 23.2 Å². The van der Waals surface area contributed by atoms with Crippen molar-refractivity contribution in [3.05, 3.63) is 33.8 Å². The van der Waals surface area contributed by atoms with Crippen molar-refractivity contribution in [1.29, 1.82) is 0 Å². The molecule has 0 aliphatic carbocycles. The topological polar surface area (TPSA) is 15.3 Å². The van der Waals surface area contributed by atoms with Gasteiger partial charge in [0.1, 0.15) is 0 Å². The van der Waals surface area contributed by atoms with Crippen molar-refractivity contribution < 1.29 is 0 Å². The average molecular weight is 287 g/mol. The highest BCUT2D eigenvalue weighted by Crippen LogP contribution is 2.29. The van der Waals surface area contributed by atoms with Gasteiger partial charge in [-0.3, -0.25) is 4.90 Å². The van der Waals surface area contributed by atoms with Crippen molar-refractivity contribution in [2.45, 2.75) is 31.8 Å². The van der Waals surface area contributed by atoms with E-state index in [1.165, 1.54) is 12.8 Å². The van der Waals surface area contributed by atoms with Gasteiger partial charge in [-0.15, -0.1) is 0 Å². The lowest BCUT2D eigenvalue weighted by Gasteiger charge is -2.28. The molecule has 0 spiro atoms. The molecule has 2 nitrogen and oxygen atoms in total. The van der Waals surface area contributed by atoms with E-state index in [2.05, 4.69) is 24.2 Å². The van der Waals surface area contributed by atoms with Crippen LogP contribution in [0.4, 0.5) is 0 Å². The number of benzene rings is 1. The maximum atomic E-state index is 6.26. The molecule has 2 atom stereocenters. The van der Waals surface area contributed by atoms with Gasteiger partial charge >= 0.3 is 0 Å². The smallest absolute Gasteiger partial charge is 0.0468 e. The van der Waals surface area contributed by atoms with Crippen molar-refractivity contribution in [2.75, 3.05) is 20.1 Å². The number of rotatable bonds is 4. The fourth-order valence-electron chi connectivity index (χ4n) is 2.50. The van der Waals surface area contributed by atoms with Crippen molar-refractivity contribution in [3.8, 4) is 0 Å². The minimum atomic E-state index is 0.303. The van der Waals surface area contributed by atoms with Crippen LogP contribution in [0.15, 0.2) is 18.2 Å². The van der Waals surface area contributed by atoms with E-state index in [9.17, 15) is 0 Å². The molecule has 2 rings (SSSR count). The van der Waals surface area contributed by atoms with Crippen LogP contribution in [-0.2, 0) is 0 Å². The molecule has 2 unspecified atom stereocenters. The lowest BCUT2D eigenvalue weighted by molar-refractivity contribution is 0.238. The molecule has 1 aliphatic rings. The molecule has 1 aromatic rings. The first-order valence-electron chi connectivity index (χ1n) is 6.46. The summed E-state index contributed by atoms with van der Waals surface area (Å²) in [5.41, 5.74) is 1.14. The summed E-state index contributed by atoms with van der Waals surface area (Å²) in [5.74, 6) is 0. The van der Waals surface area contributed by atoms with Crippen LogP contribution in [0.5, 0.6) is 0 Å². The predicted molar refractivity (Wildman–Crippen MR) is 78.5 cm³/mol. The van der Waals surface area contributed by atoms with Crippen LogP contribution in [0.25, 0.3) is 0 Å². The summed E-state index contributed by atoms with van der Waals surface area (Å²) in [4.78, 5) is 2.35. The molecule has 0 amide bonds. The van der Waals surface area contributed by atoms with E-state index >= 15 is 0 Å². The van der Waals surface area contributed by atoms with Crippen molar-refractivity contribution in [1.82, 2.24) is 10.2 Å². The van der Waals surface area contributed by atoms with Gasteiger partial charge in [-0.2, -0.15) is 0 Å². The van der Waals surface area contributed by atoms with Gasteiger partial charge < -0.3 is 5.32 Å². The zero-order chi connectivity index (χ0) is 13.1. The Morgan fingerprint density at radius 3 is 2.83 bits per heavy atom. The number of hydrogen-bond acceptors (Lipinski definition) is 2. The van der Waals surface area contributed by atoms with Gasteiger partial charge in [0.25, 0.3) is 0 Å². The van der Waals surface area contributed by atoms with Crippen LogP contribution in [0.2, 0.25) is 10.0 Å². The lowest BCUT2D eigenvalue weighted by atomic mass is 10.1. The molecule has 4 heteroatoms. The summed E-state index contributed by atoms with van der Waals surface area (Å²) in [7, 11) is 2.15. The van der Waals surface area contributed by atoms with E-state index in [1.54, 1.807) is 0 Å². The Kier molecular flexibility index (Phi) is 4.91. The molecular weight excluding hydrogens is 267 g/mol. The van der Waals surface area contributed by atoms with E-state index in [1.807, 2.05) is 18.2 Å². The van der Waals surface area contributed by atoms with Crippen LogP contribution in [0.1, 0.15) is 31.4 Å². The summed E-state index contributed by atoms with van der Waals surface area (Å²) < 4.78 is 0. The summed E-state index contributed by atoms with van der Waals surface area (Å²) >= 11 is 12.2. The SMILES string of the molecule is CC(c1ccc(Cl)cc1Cl)N(C)CC1CCCN1. The second kappa shape index (κ2) is 6.25. The predicted octanol–water partition coefficient (Wildman–Crippen LogP) is 3.74. The monoisotopic (exact) mass is 286 g/mol. The molecule has 100 valence electrons. The van der Waals surface area contributed by atoms with Crippen LogP contribution < -0.4 is 5.32 Å². The van der Waals surface area contributed by atoms with Crippen molar-refractivity contribution in [3.63, 3.8) is 0 Å². The number of likely N-dealkylation sites (N-methyl/N-ethyl adjacent to an activating group) is 1. The van der Waals surface area contributed by atoms with Gasteiger partial charge in [-0.05, 0) is 51.1 Å². The summed E-state index contributed by atoms with van der Waals surface area (Å²) in [6.07, 6.45) is 2.56. The van der Waals surface area contributed by atoms with Gasteiger partial charge in [0.15, 0.2) is 0 Å². The van der Waals surface area contributed by atoms with Crippen LogP contribution in [0, 0.1) is 0 Å². The number of hydrogen-bond donors (Lipinski definition) is 1. The Balaban J connectivity index is 2.02. The Labute approximate surface area is 119 Å². The lowest BCUT2D eigenvalue weighted by Crippen LogP contribution is -2.36. The highest BCUT2D eigenvalue weighted by molar-refractivity contribution is 6.35. The van der Waals surface area contributed by atoms with E-state index in [0.717, 1.165) is 23.7 Å². The summed E-state index contributed by atoms with van der Waals surface area (Å²) in [5, 5.41) is 4.96. The molecule has 1 N–H and O–H groups in total. The molecule has 0 bridgehead atoms. The van der Waals surface area contributed by atoms with E-state index in [0.29, 0.717) is 17.1 Å². The maximum Gasteiger partial charge on any atom is 0.0468 e. The number of halogens is 2. The maximum absolute atomic E-state index is 6.26. The van der Waals surface area contributed by atoms with Crippen molar-refractivity contribution >= 4 is 23.2 Å². The van der Waals surface area contributed by atoms with Gasteiger partial charge in [0.05, 0.1) is 0 Å². The zero-order valence-corrected chi connectivity index (χ0v) is 12.4. The minimum absolute atomic E-state index is 0.303. The third kappa shape index (κ3) is 3.39. The molecule has 1 heterocycles. The highest BCUT2D eigenvalue weighted by atomic mass is 35.5. The second-order valence-electron chi connectivity index (χ2n) is 5.07. The normalized spacial score (nSPS) is 21.5. The molecule has 1 aromatic carbocycles. The molecule has 1 fully saturated rings. The standard InChI is InChI=1S/C14H20Cl2N2/c1-10(13-6-5-11(15)8-14(13)16)18(2)9-12-4-3-7-17-12/h5-6,8,10,12,17H,3-4,7,9H2,1-2H3. The number of nitrogens with zero attached hydrogens (tertiary/aromatic N) is 1. The molecule has 0 radical (unpaired) electrons. The first-order valence-corrected chi connectivity index (χ1v) is 7.22. The highest BCUT2D eigenvalue weighted by Gasteiger charge is 2.20. The van der Waals surface area contributed by atoms with E-state index in [-0.39, 0.29) is 0 Å². The summed E-state index contributed by atoms with van der Waals surface area (Å²) in [6.45, 7) is 4.39. The second-order valence-corrected chi connectivity index (χ2v) is 5.92. The molecule has 0 aromatic heterocycles. The zero-order valence-electron chi connectivity index (χ0n) is 10.9. The third-order valence-corrected chi connectivity index (χ3v) is 4.31. The minimum Gasteiger partial charge on any atom is -0.313 e. The molecular formula is C14H20Cl2N2. The Morgan fingerprint density at radius 1 is 1.44 bits per heavy atom. The molecule has 1 saturated heterocycles. The fraction of sp³-hybridized carbons (Fsp3) is 0.571. The Hall–Kier alpha value is -0.280. The van der Waals surface area contributed by atoms with Gasteiger partial charge in [-0.1, -0.05) is 29.3 Å². The Bertz CT molecular complexity index is 403. The van der Waals surface area contributed by atoms with Gasteiger partial charge in [0.2, 0.25) is 0 Å². The Morgan fingerprint density at radius 2 is 2.22 bits per heavy atom. The van der Waals surface area contributed by atoms with Gasteiger partial charge in [0, 0.05) is 28.7 Å². The molecule has 18 heavy (non-hydrogen) atoms. The third-order valence-electron chi connectivity index (χ3n) is 3.74. The first-order chi connectivity index (χ1) is 8.58. The van der Waals surface area contributed by atoms with Crippen LogP contribution >= 0.6 is 23.2 Å². The quantitative estimate of drug-likeness (QED) is 0.907. The average Bonchev–Trinajstić information content (AvgIpc) is 2.81. The summed E-state index contributed by atoms with van der Waals surface area (Å²) in [6, 6.07) is 6.66.